The van der Waals surface area contributed by atoms with Gasteiger partial charge in [0.2, 0.25) is 0 Å². The molecule has 1 unspecified atom stereocenters. The maximum Gasteiger partial charge on any atom is 0.156 e. The molecule has 0 spiro atoms. The van der Waals surface area contributed by atoms with Gasteiger partial charge < -0.3 is 10.6 Å². The fraction of sp³-hybridized carbons (Fsp3) is 0.211. The van der Waals surface area contributed by atoms with E-state index >= 15 is 0 Å². The quantitative estimate of drug-likeness (QED) is 0.710. The number of aromatic nitrogens is 4. The molecule has 134 valence electrons. The zero-order valence-corrected chi connectivity index (χ0v) is 15.5. The highest BCUT2D eigenvalue weighted by Gasteiger charge is 2.24. The number of hydrogen-bond acceptors (Lipinski definition) is 6. The van der Waals surface area contributed by atoms with Crippen LogP contribution in [0, 0.1) is 18.3 Å². The summed E-state index contributed by atoms with van der Waals surface area (Å²) < 4.78 is 3.98. The minimum atomic E-state index is 0.0551. The molecule has 2 aliphatic heterocycles. The largest absolute Gasteiger partial charge is 0.368 e. The lowest BCUT2D eigenvalue weighted by molar-refractivity contribution is 0.627. The molecule has 3 aromatic rings. The van der Waals surface area contributed by atoms with Crippen LogP contribution in [0.2, 0.25) is 0 Å². The molecule has 0 saturated heterocycles. The molecular formula is C19H17N7S. The lowest BCUT2D eigenvalue weighted by Crippen LogP contribution is -2.47. The monoisotopic (exact) mass is 375 g/mol. The van der Waals surface area contributed by atoms with Gasteiger partial charge in [0, 0.05) is 22.8 Å². The minimum Gasteiger partial charge on any atom is -0.368 e. The number of aryl methyl sites for hydroxylation is 2. The lowest BCUT2D eigenvalue weighted by Gasteiger charge is -2.17. The van der Waals surface area contributed by atoms with Crippen LogP contribution in [0.3, 0.4) is 0 Å². The molecule has 0 saturated carbocycles. The molecule has 2 N–H and O–H groups in total. The van der Waals surface area contributed by atoms with E-state index in [0.29, 0.717) is 13.0 Å². The molecule has 0 bridgehead atoms. The standard InChI is InChI=1S/C19H17N7S/c1-12-3-4-16(27-12)19-24-15-10-22-18-14(5-7-21-18)17(15)26(19)13-9-23-25(11-13)8-2-6-20/h3-5,7,9-11,18,21-22H,2,8H2,1H3. The Morgan fingerprint density at radius 1 is 1.33 bits per heavy atom. The van der Waals surface area contributed by atoms with Gasteiger partial charge in [-0.25, -0.2) is 4.98 Å². The zero-order chi connectivity index (χ0) is 18.4. The Morgan fingerprint density at radius 3 is 3.07 bits per heavy atom. The second-order valence-corrected chi connectivity index (χ2v) is 7.77. The number of nitrogens with zero attached hydrogens (tertiary/aromatic N) is 5. The Hall–Kier alpha value is -3.31. The number of fused-ring (bicyclic) bond motifs is 2. The first-order valence-electron chi connectivity index (χ1n) is 8.73. The van der Waals surface area contributed by atoms with Crippen molar-refractivity contribution in [2.75, 3.05) is 0 Å². The lowest BCUT2D eigenvalue weighted by atomic mass is 10.2. The van der Waals surface area contributed by atoms with Crippen molar-refractivity contribution >= 4 is 23.1 Å². The molecular weight excluding hydrogens is 358 g/mol. The minimum absolute atomic E-state index is 0.0551. The molecule has 5 heterocycles. The van der Waals surface area contributed by atoms with E-state index in [1.54, 1.807) is 11.3 Å². The Kier molecular flexibility index (Phi) is 3.62. The summed E-state index contributed by atoms with van der Waals surface area (Å²) in [5.41, 5.74) is 2.11. The number of hydrogen-bond donors (Lipinski definition) is 2. The van der Waals surface area contributed by atoms with E-state index in [2.05, 4.69) is 51.5 Å². The summed E-state index contributed by atoms with van der Waals surface area (Å²) in [5.74, 6) is 0.907. The summed E-state index contributed by atoms with van der Waals surface area (Å²) in [4.78, 5) is 7.29. The number of imidazole rings is 1. The SMILES string of the molecule is Cc1ccc(-c2nc3c(n2-c2cnn(CCC#N)c2)=C2C=CNC2NC=3)s1. The first-order valence-corrected chi connectivity index (χ1v) is 9.54. The van der Waals surface area contributed by atoms with Crippen LogP contribution in [0.5, 0.6) is 0 Å². The number of nitrogens with one attached hydrogen (secondary N) is 2. The van der Waals surface area contributed by atoms with Crippen LogP contribution in [0.1, 0.15) is 11.3 Å². The summed E-state index contributed by atoms with van der Waals surface area (Å²) in [7, 11) is 0. The van der Waals surface area contributed by atoms with E-state index in [1.807, 2.05) is 29.5 Å². The van der Waals surface area contributed by atoms with E-state index in [9.17, 15) is 0 Å². The molecule has 7 nitrogen and oxygen atoms in total. The van der Waals surface area contributed by atoms with Crippen LogP contribution in [-0.4, -0.2) is 25.5 Å². The first-order chi connectivity index (χ1) is 13.2. The topological polar surface area (TPSA) is 83.5 Å². The summed E-state index contributed by atoms with van der Waals surface area (Å²) >= 11 is 1.73. The average Bonchev–Trinajstić information content (AvgIpc) is 3.43. The smallest absolute Gasteiger partial charge is 0.156 e. The fourth-order valence-corrected chi connectivity index (χ4v) is 4.32. The van der Waals surface area contributed by atoms with Crippen molar-refractivity contribution in [2.45, 2.75) is 26.1 Å². The molecule has 0 aromatic carbocycles. The van der Waals surface area contributed by atoms with Crippen molar-refractivity contribution in [3.8, 4) is 22.5 Å². The number of thiophene rings is 1. The van der Waals surface area contributed by atoms with Crippen LogP contribution in [0.25, 0.3) is 28.2 Å². The predicted octanol–water partition coefficient (Wildman–Crippen LogP) is 0.954. The average molecular weight is 375 g/mol. The molecule has 3 aromatic heterocycles. The summed E-state index contributed by atoms with van der Waals surface area (Å²) in [5, 5.41) is 21.9. The number of rotatable bonds is 4. The molecule has 0 fully saturated rings. The highest BCUT2D eigenvalue weighted by Crippen LogP contribution is 2.27. The van der Waals surface area contributed by atoms with Gasteiger partial charge in [-0.15, -0.1) is 11.3 Å². The van der Waals surface area contributed by atoms with Crippen LogP contribution in [0.15, 0.2) is 36.8 Å². The highest BCUT2D eigenvalue weighted by atomic mass is 32.1. The van der Waals surface area contributed by atoms with Gasteiger partial charge in [-0.2, -0.15) is 10.4 Å². The normalized spacial score (nSPS) is 16.9. The van der Waals surface area contributed by atoms with E-state index < -0.39 is 0 Å². The molecule has 8 heteroatoms. The molecule has 0 radical (unpaired) electrons. The van der Waals surface area contributed by atoms with Crippen LogP contribution >= 0.6 is 11.3 Å². The van der Waals surface area contributed by atoms with Crippen LogP contribution in [-0.2, 0) is 6.54 Å². The van der Waals surface area contributed by atoms with Gasteiger partial charge in [0.1, 0.15) is 11.5 Å². The van der Waals surface area contributed by atoms with Gasteiger partial charge >= 0.3 is 0 Å². The van der Waals surface area contributed by atoms with E-state index in [1.165, 1.54) is 4.88 Å². The molecule has 1 atom stereocenters. The molecule has 0 amide bonds. The summed E-state index contributed by atoms with van der Waals surface area (Å²) in [6, 6.07) is 6.40. The van der Waals surface area contributed by atoms with E-state index in [0.717, 1.165) is 32.7 Å². The third kappa shape index (κ3) is 2.55. The molecule has 5 rings (SSSR count). The van der Waals surface area contributed by atoms with Gasteiger partial charge in [-0.3, -0.25) is 9.25 Å². The van der Waals surface area contributed by atoms with E-state index in [-0.39, 0.29) is 6.17 Å². The van der Waals surface area contributed by atoms with Gasteiger partial charge in [-0.05, 0) is 31.3 Å². The summed E-state index contributed by atoms with van der Waals surface area (Å²) in [6.45, 7) is 2.68. The number of nitriles is 1. The Labute approximate surface area is 159 Å². The first kappa shape index (κ1) is 15.9. The van der Waals surface area contributed by atoms with Crippen LogP contribution in [0.4, 0.5) is 0 Å². The molecule has 27 heavy (non-hydrogen) atoms. The highest BCUT2D eigenvalue weighted by molar-refractivity contribution is 7.15. The maximum atomic E-state index is 8.84. The van der Waals surface area contributed by atoms with Crippen molar-refractivity contribution < 1.29 is 0 Å². The van der Waals surface area contributed by atoms with Crippen molar-refractivity contribution in [2.24, 2.45) is 0 Å². The van der Waals surface area contributed by atoms with Crippen LogP contribution < -0.4 is 21.3 Å². The van der Waals surface area contributed by atoms with Gasteiger partial charge in [0.05, 0.1) is 41.1 Å². The second-order valence-electron chi connectivity index (χ2n) is 6.48. The van der Waals surface area contributed by atoms with Crippen molar-refractivity contribution in [3.05, 3.63) is 52.4 Å². The fourth-order valence-electron chi connectivity index (χ4n) is 3.48. The van der Waals surface area contributed by atoms with Crippen molar-refractivity contribution in [3.63, 3.8) is 0 Å². The summed E-state index contributed by atoms with van der Waals surface area (Å²) in [6.07, 6.45) is 10.3. The zero-order valence-electron chi connectivity index (χ0n) is 14.7. The van der Waals surface area contributed by atoms with Gasteiger partial charge in [-0.1, -0.05) is 0 Å². The second kappa shape index (κ2) is 6.14. The maximum absolute atomic E-state index is 8.84. The Balaban J connectivity index is 1.77. The third-order valence-corrected chi connectivity index (χ3v) is 5.69. The van der Waals surface area contributed by atoms with Gasteiger partial charge in [0.15, 0.2) is 5.82 Å². The molecule has 2 aliphatic rings. The predicted molar refractivity (Wildman–Crippen MR) is 104 cm³/mol. The van der Waals surface area contributed by atoms with Crippen molar-refractivity contribution in [1.82, 2.24) is 30.0 Å². The molecule has 0 aliphatic carbocycles. The van der Waals surface area contributed by atoms with Gasteiger partial charge in [0.25, 0.3) is 0 Å². The Bertz CT molecular complexity index is 1220. The van der Waals surface area contributed by atoms with E-state index in [4.69, 9.17) is 10.2 Å². The Morgan fingerprint density at radius 2 is 2.26 bits per heavy atom. The van der Waals surface area contributed by atoms with Crippen molar-refractivity contribution in [1.29, 1.82) is 5.26 Å². The third-order valence-electron chi connectivity index (χ3n) is 4.69.